The Morgan fingerprint density at radius 3 is 1.48 bits per heavy atom. The summed E-state index contributed by atoms with van der Waals surface area (Å²) in [6.45, 7) is 23.0. The van der Waals surface area contributed by atoms with Gasteiger partial charge >= 0.3 is 0 Å². The molecular formula is C70H60B2N2O2S. The molecule has 0 atom stereocenters. The zero-order chi connectivity index (χ0) is 52.6. The van der Waals surface area contributed by atoms with Crippen molar-refractivity contribution in [3.8, 4) is 45.3 Å². The molecule has 5 heterocycles. The molecule has 0 saturated heterocycles. The molecule has 10 aromatic rings. The monoisotopic (exact) mass is 1010 g/mol. The van der Waals surface area contributed by atoms with Gasteiger partial charge in [-0.05, 0) is 221 Å². The zero-order valence-corrected chi connectivity index (χ0v) is 46.5. The lowest BCUT2D eigenvalue weighted by Crippen LogP contribution is -2.63. The first-order valence-electron chi connectivity index (χ1n) is 27.6. The molecule has 0 fully saturated rings. The number of rotatable bonds is 4. The minimum atomic E-state index is -0.118. The first kappa shape index (κ1) is 46.6. The summed E-state index contributed by atoms with van der Waals surface area (Å²) in [5, 5.41) is 1.16. The number of hydrogen-bond acceptors (Lipinski definition) is 5. The van der Waals surface area contributed by atoms with Gasteiger partial charge in [0.15, 0.2) is 0 Å². The van der Waals surface area contributed by atoms with Crippen molar-refractivity contribution in [2.45, 2.75) is 92.9 Å². The molecule has 0 amide bonds. The summed E-state index contributed by atoms with van der Waals surface area (Å²) in [6.07, 6.45) is 2.26. The van der Waals surface area contributed by atoms with Gasteiger partial charge in [0.1, 0.15) is 23.0 Å². The van der Waals surface area contributed by atoms with Crippen LogP contribution in [0.2, 0.25) is 0 Å². The van der Waals surface area contributed by atoms with Crippen LogP contribution in [0.1, 0.15) is 85.0 Å². The Morgan fingerprint density at radius 2 is 0.922 bits per heavy atom. The van der Waals surface area contributed by atoms with E-state index in [1.165, 1.54) is 109 Å². The summed E-state index contributed by atoms with van der Waals surface area (Å²) in [5.74, 6) is 3.79. The number of anilines is 6. The second-order valence-electron chi connectivity index (χ2n) is 24.2. The molecule has 9 aromatic carbocycles. The maximum Gasteiger partial charge on any atom is 0.268 e. The van der Waals surface area contributed by atoms with Gasteiger partial charge in [-0.3, -0.25) is 0 Å². The minimum Gasteiger partial charge on any atom is -0.458 e. The lowest BCUT2D eigenvalue weighted by molar-refractivity contribution is 0.330. The van der Waals surface area contributed by atoms with E-state index in [1.54, 1.807) is 0 Å². The van der Waals surface area contributed by atoms with Crippen LogP contribution in [0.15, 0.2) is 158 Å². The van der Waals surface area contributed by atoms with Gasteiger partial charge in [0, 0.05) is 49.0 Å². The molecule has 0 spiro atoms. The van der Waals surface area contributed by atoms with Crippen LogP contribution in [0.3, 0.4) is 0 Å². The van der Waals surface area contributed by atoms with Gasteiger partial charge < -0.3 is 19.3 Å². The smallest absolute Gasteiger partial charge is 0.268 e. The predicted octanol–water partition coefficient (Wildman–Crippen LogP) is 15.2. The Hall–Kier alpha value is -7.73. The summed E-state index contributed by atoms with van der Waals surface area (Å²) in [6, 6.07) is 60.0. The maximum absolute atomic E-state index is 7.52. The van der Waals surface area contributed by atoms with E-state index in [0.29, 0.717) is 0 Å². The van der Waals surface area contributed by atoms with Crippen molar-refractivity contribution in [2.24, 2.45) is 0 Å². The average molecular weight is 1010 g/mol. The summed E-state index contributed by atoms with van der Waals surface area (Å²) in [4.78, 5) is 5.11. The van der Waals surface area contributed by atoms with Crippen LogP contribution in [0.25, 0.3) is 32.3 Å². The van der Waals surface area contributed by atoms with E-state index in [2.05, 4.69) is 237 Å². The Balaban J connectivity index is 1.08. The van der Waals surface area contributed by atoms with Crippen LogP contribution in [-0.4, -0.2) is 13.4 Å². The van der Waals surface area contributed by atoms with E-state index in [4.69, 9.17) is 9.47 Å². The normalized spacial score (nSPS) is 15.6. The van der Waals surface area contributed by atoms with E-state index < -0.39 is 0 Å². The van der Waals surface area contributed by atoms with Crippen molar-refractivity contribution < 1.29 is 9.47 Å². The van der Waals surface area contributed by atoms with Crippen LogP contribution in [0.4, 0.5) is 34.1 Å². The summed E-state index contributed by atoms with van der Waals surface area (Å²) >= 11 is 1.88. The number of hydrogen-bond donors (Lipinski definition) is 0. The van der Waals surface area contributed by atoms with Crippen LogP contribution in [-0.2, 0) is 10.8 Å². The molecule has 5 aliphatic rings. The van der Waals surface area contributed by atoms with Gasteiger partial charge in [0.25, 0.3) is 13.4 Å². The highest BCUT2D eigenvalue weighted by Gasteiger charge is 2.49. The third-order valence-corrected chi connectivity index (χ3v) is 19.3. The van der Waals surface area contributed by atoms with Crippen LogP contribution in [0.5, 0.6) is 23.0 Å². The second kappa shape index (κ2) is 16.4. The molecular weight excluding hydrogens is 954 g/mol. The molecule has 0 N–H and O–H groups in total. The van der Waals surface area contributed by atoms with Gasteiger partial charge in [0.05, 0.1) is 0 Å². The third kappa shape index (κ3) is 6.78. The lowest BCUT2D eigenvalue weighted by Gasteiger charge is -2.46. The van der Waals surface area contributed by atoms with Gasteiger partial charge in [-0.25, -0.2) is 0 Å². The van der Waals surface area contributed by atoms with Gasteiger partial charge in [0.2, 0.25) is 0 Å². The molecule has 0 saturated carbocycles. The van der Waals surface area contributed by atoms with Crippen LogP contribution < -0.4 is 51.4 Å². The van der Waals surface area contributed by atoms with Crippen LogP contribution >= 0.6 is 11.3 Å². The highest BCUT2D eigenvalue weighted by Crippen LogP contribution is 2.52. The molecule has 0 unspecified atom stereocenters. The Bertz CT molecular complexity index is 4170. The quantitative estimate of drug-likeness (QED) is 0.164. The molecule has 1 aliphatic carbocycles. The summed E-state index contributed by atoms with van der Waals surface area (Å²) in [7, 11) is 0. The standard InChI is InChI=1S/C70H60B2N2O2S/c1-39-27-41(3)63(42(4)28-39)45-31-57-65-60(33-45)75-59-36-51-50(69(7,8)25-26-70(51,9)10)35-54(59)71(65)52-37-53-56(38-55(52)73(57)47-19-13-11-14-20-47)74(48-21-15-12-16-22-48)58-32-46(64-43(5)29-40(2)30-44(64)6)34-61-66(58)72(53)68-67(76-61)49-23-17-18-24-62(49)77-68/h11-24,27-38H,25-26H2,1-10H3. The van der Waals surface area contributed by atoms with Gasteiger partial charge in [-0.2, -0.15) is 0 Å². The van der Waals surface area contributed by atoms with Crippen molar-refractivity contribution in [1.82, 2.24) is 0 Å². The predicted molar refractivity (Wildman–Crippen MR) is 328 cm³/mol. The molecule has 15 rings (SSSR count). The van der Waals surface area contributed by atoms with Crippen LogP contribution in [0, 0.1) is 41.5 Å². The fraction of sp³-hybridized carbons (Fsp3) is 0.200. The SMILES string of the molecule is Cc1cc(C)c(-c2cc3c4c(c2)N(c2ccccc2)c2cc5c(cc2B4c2cc4c(cc2O3)C(C)(C)CCC4(C)C)B2c3sc4ccccc4c3Oc3cc(-c4c(C)cc(C)cc4C)cc(c32)N5c2ccccc2)c(C)c1. The number of para-hydroxylation sites is 2. The van der Waals surface area contributed by atoms with Gasteiger partial charge in [-0.15, -0.1) is 11.3 Å². The Kier molecular flexibility index (Phi) is 9.91. The second-order valence-corrected chi connectivity index (χ2v) is 25.3. The fourth-order valence-corrected chi connectivity index (χ4v) is 16.0. The van der Waals surface area contributed by atoms with Crippen molar-refractivity contribution in [3.05, 3.63) is 202 Å². The van der Waals surface area contributed by atoms with E-state index >= 15 is 0 Å². The largest absolute Gasteiger partial charge is 0.458 e. The highest BCUT2D eigenvalue weighted by molar-refractivity contribution is 7.33. The van der Waals surface area contributed by atoms with Crippen molar-refractivity contribution in [2.75, 3.05) is 9.80 Å². The van der Waals surface area contributed by atoms with E-state index in [9.17, 15) is 0 Å². The van der Waals surface area contributed by atoms with Gasteiger partial charge in [-0.1, -0.05) is 124 Å². The molecule has 1 aromatic heterocycles. The summed E-state index contributed by atoms with van der Waals surface area (Å²) < 4.78 is 17.4. The number of ether oxygens (including phenoxy) is 2. The fourth-order valence-electron chi connectivity index (χ4n) is 14.7. The number of nitrogens with zero attached hydrogens (tertiary/aromatic N) is 2. The first-order valence-corrected chi connectivity index (χ1v) is 28.4. The molecule has 4 aliphatic heterocycles. The number of thiophene rings is 1. The lowest BCUT2D eigenvalue weighted by atomic mass is 9.31. The Labute approximate surface area is 458 Å². The van der Waals surface area contributed by atoms with E-state index in [-0.39, 0.29) is 24.3 Å². The average Bonchev–Trinajstić information content (AvgIpc) is 4.02. The maximum atomic E-state index is 7.52. The minimum absolute atomic E-state index is 0.00124. The zero-order valence-electron chi connectivity index (χ0n) is 45.7. The topological polar surface area (TPSA) is 24.9 Å². The summed E-state index contributed by atoms with van der Waals surface area (Å²) in [5.41, 5.74) is 28.4. The van der Waals surface area contributed by atoms with Crippen molar-refractivity contribution >= 4 is 101 Å². The highest BCUT2D eigenvalue weighted by atomic mass is 32.1. The van der Waals surface area contributed by atoms with Crippen molar-refractivity contribution in [1.29, 1.82) is 0 Å². The molecule has 4 nitrogen and oxygen atoms in total. The van der Waals surface area contributed by atoms with E-state index in [1.807, 2.05) is 11.3 Å². The first-order chi connectivity index (χ1) is 37.1. The molecule has 77 heavy (non-hydrogen) atoms. The third-order valence-electron chi connectivity index (χ3n) is 18.1. The number of fused-ring (bicyclic) bond motifs is 11. The number of aryl methyl sites for hydroxylation is 6. The number of benzene rings is 9. The molecule has 7 heteroatoms. The molecule has 374 valence electrons. The van der Waals surface area contributed by atoms with E-state index in [0.717, 1.165) is 69.5 Å². The molecule has 0 bridgehead atoms. The Morgan fingerprint density at radius 1 is 0.442 bits per heavy atom. The molecule has 0 radical (unpaired) electrons. The van der Waals surface area contributed by atoms with Crippen molar-refractivity contribution in [3.63, 3.8) is 0 Å².